The molecule has 0 radical (unpaired) electrons. The zero-order chi connectivity index (χ0) is 25.6. The molecular formula is C26H24O10. The largest absolute Gasteiger partial charge is 0.508 e. The number of aromatic hydroxyl groups is 3. The van der Waals surface area contributed by atoms with Crippen LogP contribution in [0.5, 0.6) is 40.2 Å². The lowest BCUT2D eigenvalue weighted by Crippen LogP contribution is -2.37. The molecule has 0 bridgehead atoms. The predicted octanol–water partition coefficient (Wildman–Crippen LogP) is 2.75. The molecule has 2 heterocycles. The summed E-state index contributed by atoms with van der Waals surface area (Å²) in [4.78, 5) is 12.8. The number of ether oxygens (including phenoxy) is 4. The van der Waals surface area contributed by atoms with Crippen LogP contribution in [0, 0.1) is 0 Å². The van der Waals surface area contributed by atoms with Gasteiger partial charge in [-0.3, -0.25) is 4.79 Å². The summed E-state index contributed by atoms with van der Waals surface area (Å²) in [6, 6.07) is 11.6. The number of aliphatic hydroxyl groups is 2. The van der Waals surface area contributed by atoms with Gasteiger partial charge in [0.1, 0.15) is 22.8 Å². The van der Waals surface area contributed by atoms with E-state index in [1.165, 1.54) is 12.1 Å². The van der Waals surface area contributed by atoms with Crippen LogP contribution in [0.4, 0.5) is 0 Å². The number of aliphatic hydroxyl groups excluding tert-OH is 2. The van der Waals surface area contributed by atoms with Gasteiger partial charge in [-0.15, -0.1) is 0 Å². The maximum Gasteiger partial charge on any atom is 0.202 e. The molecule has 10 nitrogen and oxygen atoms in total. The third-order valence-electron chi connectivity index (χ3n) is 6.08. The number of phenols is 3. The first kappa shape index (κ1) is 23.6. The summed E-state index contributed by atoms with van der Waals surface area (Å²) in [5, 5.41) is 50.5. The monoisotopic (exact) mass is 496 g/mol. The number of Topliss-reactive ketones (excluding diaryl/α,β-unsaturated/α-hetero) is 1. The van der Waals surface area contributed by atoms with E-state index >= 15 is 0 Å². The topological polar surface area (TPSA) is 155 Å². The summed E-state index contributed by atoms with van der Waals surface area (Å²) < 4.78 is 23.4. The Hall–Kier alpha value is -4.15. The zero-order valence-electron chi connectivity index (χ0n) is 19.1. The van der Waals surface area contributed by atoms with Gasteiger partial charge < -0.3 is 44.5 Å². The van der Waals surface area contributed by atoms with Crippen LogP contribution >= 0.6 is 0 Å². The fourth-order valence-electron chi connectivity index (χ4n) is 4.39. The van der Waals surface area contributed by atoms with Crippen molar-refractivity contribution in [3.63, 3.8) is 0 Å². The Kier molecular flexibility index (Phi) is 5.99. The number of ketones is 1. The molecule has 0 aromatic heterocycles. The standard InChI is InChI=1S/C26H24O10/c1-2-33-18-7-12(3-5-15(18)29)25-21(11-27)34-17-6-4-13(8-19(17)35-25)26-24(32)23(31)22-16(30)9-14(28)10-20(22)36-26/h3-10,21,24-30,32H,2,11H2,1H3/t21-,24+,25-,26?/m0/s1. The van der Waals surface area contributed by atoms with Gasteiger partial charge in [0.2, 0.25) is 5.78 Å². The minimum absolute atomic E-state index is 0.0361. The van der Waals surface area contributed by atoms with E-state index < -0.39 is 35.9 Å². The molecule has 10 heteroatoms. The van der Waals surface area contributed by atoms with Gasteiger partial charge in [-0.1, -0.05) is 12.1 Å². The van der Waals surface area contributed by atoms with Gasteiger partial charge in [-0.05, 0) is 36.8 Å². The molecule has 188 valence electrons. The highest BCUT2D eigenvalue weighted by atomic mass is 16.6. The van der Waals surface area contributed by atoms with Gasteiger partial charge in [0.25, 0.3) is 0 Å². The quantitative estimate of drug-likeness (QED) is 0.356. The molecule has 3 aromatic rings. The molecule has 2 aliphatic heterocycles. The van der Waals surface area contributed by atoms with Crippen LogP contribution in [-0.4, -0.2) is 56.7 Å². The summed E-state index contributed by atoms with van der Waals surface area (Å²) >= 11 is 0. The van der Waals surface area contributed by atoms with Crippen LogP contribution < -0.4 is 18.9 Å². The molecule has 5 rings (SSSR count). The van der Waals surface area contributed by atoms with Crippen molar-refractivity contribution in [1.82, 2.24) is 0 Å². The SMILES string of the molecule is CCOc1cc([C@@H]2Oc3cc(C4Oc5cc(O)cc(O)c5C(=O)[C@H]4O)ccc3O[C@H]2CO)ccc1O. The van der Waals surface area contributed by atoms with Gasteiger partial charge in [-0.2, -0.15) is 0 Å². The number of carbonyl (C=O) groups is 1. The maximum absolute atomic E-state index is 12.8. The molecule has 1 unspecified atom stereocenters. The Labute approximate surface area is 205 Å². The minimum Gasteiger partial charge on any atom is -0.508 e. The van der Waals surface area contributed by atoms with Crippen LogP contribution in [0.2, 0.25) is 0 Å². The minimum atomic E-state index is -1.62. The average Bonchev–Trinajstić information content (AvgIpc) is 2.86. The van der Waals surface area contributed by atoms with Gasteiger partial charge >= 0.3 is 0 Å². The van der Waals surface area contributed by atoms with Crippen molar-refractivity contribution in [2.75, 3.05) is 13.2 Å². The third-order valence-corrected chi connectivity index (χ3v) is 6.08. The lowest BCUT2D eigenvalue weighted by molar-refractivity contribution is -0.0130. The molecule has 2 aliphatic rings. The van der Waals surface area contributed by atoms with E-state index in [9.17, 15) is 30.3 Å². The maximum atomic E-state index is 12.8. The van der Waals surface area contributed by atoms with Crippen LogP contribution in [-0.2, 0) is 0 Å². The lowest BCUT2D eigenvalue weighted by atomic mass is 9.92. The number of carbonyl (C=O) groups excluding carboxylic acids is 1. The third kappa shape index (κ3) is 4.00. The Morgan fingerprint density at radius 2 is 1.56 bits per heavy atom. The Morgan fingerprint density at radius 3 is 2.31 bits per heavy atom. The van der Waals surface area contributed by atoms with E-state index in [-0.39, 0.29) is 40.9 Å². The van der Waals surface area contributed by atoms with Crippen LogP contribution in [0.3, 0.4) is 0 Å². The summed E-state index contributed by atoms with van der Waals surface area (Å²) in [7, 11) is 0. The number of fused-ring (bicyclic) bond motifs is 2. The molecular weight excluding hydrogens is 472 g/mol. The van der Waals surface area contributed by atoms with Crippen LogP contribution in [0.15, 0.2) is 48.5 Å². The van der Waals surface area contributed by atoms with E-state index in [1.54, 1.807) is 37.3 Å². The second-order valence-corrected chi connectivity index (χ2v) is 8.43. The predicted molar refractivity (Wildman–Crippen MR) is 124 cm³/mol. The first-order valence-electron chi connectivity index (χ1n) is 11.3. The summed E-state index contributed by atoms with van der Waals surface area (Å²) in [6.07, 6.45) is -4.28. The molecule has 0 amide bonds. The Bertz CT molecular complexity index is 1320. The highest BCUT2D eigenvalue weighted by Gasteiger charge is 2.40. The number of hydrogen-bond acceptors (Lipinski definition) is 10. The first-order valence-corrected chi connectivity index (χ1v) is 11.3. The molecule has 5 N–H and O–H groups in total. The van der Waals surface area contributed by atoms with Gasteiger partial charge in [0.15, 0.2) is 47.4 Å². The molecule has 0 saturated carbocycles. The van der Waals surface area contributed by atoms with E-state index in [1.807, 2.05) is 0 Å². The molecule has 0 saturated heterocycles. The molecule has 4 atom stereocenters. The van der Waals surface area contributed by atoms with E-state index in [0.717, 1.165) is 6.07 Å². The van der Waals surface area contributed by atoms with Crippen molar-refractivity contribution >= 4 is 5.78 Å². The number of benzene rings is 3. The highest BCUT2D eigenvalue weighted by Crippen LogP contribution is 2.45. The zero-order valence-corrected chi connectivity index (χ0v) is 19.1. The molecule has 3 aromatic carbocycles. The smallest absolute Gasteiger partial charge is 0.202 e. The Morgan fingerprint density at radius 1 is 0.833 bits per heavy atom. The Balaban J connectivity index is 1.48. The van der Waals surface area contributed by atoms with E-state index in [4.69, 9.17) is 18.9 Å². The van der Waals surface area contributed by atoms with Gasteiger partial charge in [0, 0.05) is 17.7 Å². The molecule has 0 fully saturated rings. The fourth-order valence-corrected chi connectivity index (χ4v) is 4.39. The summed E-state index contributed by atoms with van der Waals surface area (Å²) in [5.74, 6) is -0.759. The lowest BCUT2D eigenvalue weighted by Gasteiger charge is -2.35. The second-order valence-electron chi connectivity index (χ2n) is 8.43. The fraction of sp³-hybridized carbons (Fsp3) is 0.269. The second kappa shape index (κ2) is 9.14. The normalized spacial score (nSPS) is 22.5. The molecule has 0 spiro atoms. The summed E-state index contributed by atoms with van der Waals surface area (Å²) in [5.41, 5.74) is 0.765. The van der Waals surface area contributed by atoms with Crippen molar-refractivity contribution in [3.8, 4) is 40.2 Å². The van der Waals surface area contributed by atoms with Crippen molar-refractivity contribution in [1.29, 1.82) is 0 Å². The van der Waals surface area contributed by atoms with E-state index in [0.29, 0.717) is 23.5 Å². The van der Waals surface area contributed by atoms with Crippen LogP contribution in [0.25, 0.3) is 0 Å². The number of phenolic OH excluding ortho intramolecular Hbond substituents is 3. The first-order chi connectivity index (χ1) is 17.3. The van der Waals surface area contributed by atoms with Gasteiger partial charge in [-0.25, -0.2) is 0 Å². The van der Waals surface area contributed by atoms with E-state index in [2.05, 4.69) is 0 Å². The molecule has 36 heavy (non-hydrogen) atoms. The van der Waals surface area contributed by atoms with Crippen molar-refractivity contribution in [2.24, 2.45) is 0 Å². The van der Waals surface area contributed by atoms with Gasteiger partial charge in [0.05, 0.1) is 13.2 Å². The van der Waals surface area contributed by atoms with Crippen molar-refractivity contribution in [2.45, 2.75) is 31.3 Å². The van der Waals surface area contributed by atoms with Crippen LogP contribution in [0.1, 0.15) is 40.6 Å². The number of rotatable bonds is 5. The highest BCUT2D eigenvalue weighted by molar-refractivity contribution is 6.05. The number of hydrogen-bond donors (Lipinski definition) is 5. The van der Waals surface area contributed by atoms with Crippen molar-refractivity contribution in [3.05, 3.63) is 65.2 Å². The summed E-state index contributed by atoms with van der Waals surface area (Å²) in [6.45, 7) is 1.78. The van der Waals surface area contributed by atoms with Crippen molar-refractivity contribution < 1.29 is 49.3 Å². The average molecular weight is 496 g/mol. The molecule has 0 aliphatic carbocycles.